The third-order valence-electron chi connectivity index (χ3n) is 4.01. The summed E-state index contributed by atoms with van der Waals surface area (Å²) in [6.45, 7) is 0.688. The van der Waals surface area contributed by atoms with E-state index in [1.165, 1.54) is 12.8 Å². The lowest BCUT2D eigenvalue weighted by Crippen LogP contribution is -2.50. The highest BCUT2D eigenvalue weighted by molar-refractivity contribution is 9.10. The average Bonchev–Trinajstić information content (AvgIpc) is 2.86. The minimum atomic E-state index is -0.102. The van der Waals surface area contributed by atoms with Crippen molar-refractivity contribution in [1.82, 2.24) is 15.2 Å². The van der Waals surface area contributed by atoms with Crippen molar-refractivity contribution >= 4 is 21.8 Å². The van der Waals surface area contributed by atoms with E-state index in [9.17, 15) is 4.79 Å². The van der Waals surface area contributed by atoms with Crippen molar-refractivity contribution in [3.63, 3.8) is 0 Å². The van der Waals surface area contributed by atoms with Crippen molar-refractivity contribution in [2.75, 3.05) is 20.6 Å². The number of nitrogens with one attached hydrogen (secondary N) is 1. The van der Waals surface area contributed by atoms with Gasteiger partial charge in [0.05, 0.1) is 0 Å². The van der Waals surface area contributed by atoms with Gasteiger partial charge in [-0.1, -0.05) is 18.9 Å². The highest BCUT2D eigenvalue weighted by Gasteiger charge is 2.36. The quantitative estimate of drug-likeness (QED) is 0.865. The third kappa shape index (κ3) is 3.34. The molecule has 2 rings (SSSR count). The van der Waals surface area contributed by atoms with E-state index in [1.807, 2.05) is 12.1 Å². The lowest BCUT2D eigenvalue weighted by Gasteiger charge is -2.36. The molecular weight excluding hydrogens is 306 g/mol. The van der Waals surface area contributed by atoms with Crippen LogP contribution in [0.1, 0.15) is 36.2 Å². The highest BCUT2D eigenvalue weighted by atomic mass is 79.9. The second-order valence-electron chi connectivity index (χ2n) is 5.35. The van der Waals surface area contributed by atoms with Crippen LogP contribution in [-0.4, -0.2) is 42.0 Å². The third-order valence-corrected chi connectivity index (χ3v) is 4.45. The Bertz CT molecular complexity index is 456. The zero-order chi connectivity index (χ0) is 13.9. The smallest absolute Gasteiger partial charge is 0.269 e. The molecule has 0 spiro atoms. The molecule has 19 heavy (non-hydrogen) atoms. The number of aromatic nitrogens is 1. The van der Waals surface area contributed by atoms with Crippen LogP contribution in [0.25, 0.3) is 0 Å². The van der Waals surface area contributed by atoms with Crippen molar-refractivity contribution < 1.29 is 4.79 Å². The maximum absolute atomic E-state index is 12.1. The maximum atomic E-state index is 12.1. The largest absolute Gasteiger partial charge is 0.349 e. The van der Waals surface area contributed by atoms with Gasteiger partial charge in [-0.15, -0.1) is 0 Å². The molecule has 0 atom stereocenters. The van der Waals surface area contributed by atoms with Crippen LogP contribution in [-0.2, 0) is 0 Å². The summed E-state index contributed by atoms with van der Waals surface area (Å²) >= 11 is 3.28. The average molecular weight is 326 g/mol. The number of hydrogen-bond donors (Lipinski definition) is 1. The summed E-state index contributed by atoms with van der Waals surface area (Å²) in [4.78, 5) is 18.5. The van der Waals surface area contributed by atoms with Gasteiger partial charge in [0, 0.05) is 12.1 Å². The van der Waals surface area contributed by atoms with Crippen molar-refractivity contribution in [1.29, 1.82) is 0 Å². The van der Waals surface area contributed by atoms with Crippen LogP contribution < -0.4 is 5.32 Å². The van der Waals surface area contributed by atoms with E-state index in [4.69, 9.17) is 0 Å². The zero-order valence-electron chi connectivity index (χ0n) is 11.4. The molecule has 1 N–H and O–H groups in total. The normalized spacial score (nSPS) is 17.7. The van der Waals surface area contributed by atoms with Gasteiger partial charge in [0.25, 0.3) is 5.91 Å². The second-order valence-corrected chi connectivity index (χ2v) is 6.17. The number of pyridine rings is 1. The van der Waals surface area contributed by atoms with Gasteiger partial charge >= 0.3 is 0 Å². The number of amides is 1. The first-order valence-electron chi connectivity index (χ1n) is 6.62. The van der Waals surface area contributed by atoms with Gasteiger partial charge in [-0.25, -0.2) is 4.98 Å². The number of nitrogens with zero attached hydrogens (tertiary/aromatic N) is 2. The molecule has 1 heterocycles. The molecule has 5 heteroatoms. The van der Waals surface area contributed by atoms with Gasteiger partial charge < -0.3 is 10.2 Å². The fourth-order valence-electron chi connectivity index (χ4n) is 2.69. The number of likely N-dealkylation sites (N-methyl/N-ethyl adjacent to an activating group) is 1. The van der Waals surface area contributed by atoms with E-state index in [-0.39, 0.29) is 11.4 Å². The van der Waals surface area contributed by atoms with Crippen molar-refractivity contribution in [2.24, 2.45) is 0 Å². The van der Waals surface area contributed by atoms with Crippen molar-refractivity contribution in [2.45, 2.75) is 31.2 Å². The molecule has 1 saturated carbocycles. The Balaban J connectivity index is 2.00. The van der Waals surface area contributed by atoms with Crippen LogP contribution in [0.3, 0.4) is 0 Å². The van der Waals surface area contributed by atoms with Gasteiger partial charge in [-0.3, -0.25) is 4.79 Å². The van der Waals surface area contributed by atoms with E-state index in [0.717, 1.165) is 12.8 Å². The molecule has 104 valence electrons. The molecular formula is C14H20BrN3O. The van der Waals surface area contributed by atoms with Crippen LogP contribution in [0.5, 0.6) is 0 Å². The summed E-state index contributed by atoms with van der Waals surface area (Å²) in [5.74, 6) is -0.102. The Morgan fingerprint density at radius 1 is 1.42 bits per heavy atom. The first-order chi connectivity index (χ1) is 9.03. The first kappa shape index (κ1) is 14.5. The van der Waals surface area contributed by atoms with E-state index in [0.29, 0.717) is 16.8 Å². The lowest BCUT2D eigenvalue weighted by molar-refractivity contribution is 0.0895. The van der Waals surface area contributed by atoms with Gasteiger partial charge in [0.1, 0.15) is 10.3 Å². The topological polar surface area (TPSA) is 45.2 Å². The first-order valence-corrected chi connectivity index (χ1v) is 7.41. The Hall–Kier alpha value is -0.940. The van der Waals surface area contributed by atoms with E-state index in [2.05, 4.69) is 45.2 Å². The van der Waals surface area contributed by atoms with E-state index < -0.39 is 0 Å². The lowest BCUT2D eigenvalue weighted by atomic mass is 9.96. The minimum absolute atomic E-state index is 0.102. The molecule has 4 nitrogen and oxygen atoms in total. The molecule has 0 bridgehead atoms. The zero-order valence-corrected chi connectivity index (χ0v) is 13.0. The number of halogens is 1. The number of carbonyl (C=O) groups excluding carboxylic acids is 1. The van der Waals surface area contributed by atoms with Gasteiger partial charge in [0.2, 0.25) is 0 Å². The van der Waals surface area contributed by atoms with Crippen LogP contribution in [0.15, 0.2) is 22.8 Å². The molecule has 1 fully saturated rings. The maximum Gasteiger partial charge on any atom is 0.269 e. The van der Waals surface area contributed by atoms with Gasteiger partial charge in [-0.2, -0.15) is 0 Å². The molecule has 0 aliphatic heterocycles. The monoisotopic (exact) mass is 325 g/mol. The second kappa shape index (κ2) is 6.01. The number of rotatable bonds is 4. The van der Waals surface area contributed by atoms with Crippen molar-refractivity contribution in [3.05, 3.63) is 28.5 Å². The highest BCUT2D eigenvalue weighted by Crippen LogP contribution is 2.33. The molecule has 1 aromatic heterocycles. The van der Waals surface area contributed by atoms with Crippen LogP contribution >= 0.6 is 15.9 Å². The fourth-order valence-corrected chi connectivity index (χ4v) is 3.03. The minimum Gasteiger partial charge on any atom is -0.349 e. The summed E-state index contributed by atoms with van der Waals surface area (Å²) < 4.78 is 0.684. The molecule has 0 unspecified atom stereocenters. The van der Waals surface area contributed by atoms with Crippen LogP contribution in [0.4, 0.5) is 0 Å². The number of hydrogen-bond acceptors (Lipinski definition) is 3. The van der Waals surface area contributed by atoms with Gasteiger partial charge in [-0.05, 0) is 55.0 Å². The molecule has 1 aliphatic rings. The van der Waals surface area contributed by atoms with Crippen LogP contribution in [0.2, 0.25) is 0 Å². The predicted octanol–water partition coefficient (Wildman–Crippen LogP) is 2.45. The molecule has 0 aromatic carbocycles. The SMILES string of the molecule is CN(C)C1(CNC(=O)c2cccc(Br)n2)CCCC1. The summed E-state index contributed by atoms with van der Waals surface area (Å²) in [6, 6.07) is 5.37. The Kier molecular flexibility index (Phi) is 4.58. The standard InChI is InChI=1S/C14H20BrN3O/c1-18(2)14(8-3-4-9-14)10-16-13(19)11-6-5-7-12(15)17-11/h5-7H,3-4,8-10H2,1-2H3,(H,16,19). The number of carbonyl (C=O) groups is 1. The van der Waals surface area contributed by atoms with Crippen LogP contribution in [0, 0.1) is 0 Å². The van der Waals surface area contributed by atoms with E-state index >= 15 is 0 Å². The Labute approximate surface area is 122 Å². The predicted molar refractivity (Wildman–Crippen MR) is 79.2 cm³/mol. The summed E-state index contributed by atoms with van der Waals surface area (Å²) in [5, 5.41) is 3.03. The Morgan fingerprint density at radius 2 is 2.11 bits per heavy atom. The molecule has 0 saturated heterocycles. The summed E-state index contributed by atoms with van der Waals surface area (Å²) in [5.41, 5.74) is 0.572. The molecule has 1 aliphatic carbocycles. The fraction of sp³-hybridized carbons (Fsp3) is 0.571. The summed E-state index contributed by atoms with van der Waals surface area (Å²) in [6.07, 6.45) is 4.77. The molecule has 1 aromatic rings. The Morgan fingerprint density at radius 3 is 2.68 bits per heavy atom. The van der Waals surface area contributed by atoms with E-state index in [1.54, 1.807) is 6.07 Å². The summed E-state index contributed by atoms with van der Waals surface area (Å²) in [7, 11) is 4.18. The van der Waals surface area contributed by atoms with Crippen molar-refractivity contribution in [3.8, 4) is 0 Å². The van der Waals surface area contributed by atoms with Gasteiger partial charge in [0.15, 0.2) is 0 Å². The molecule has 0 radical (unpaired) electrons. The molecule has 1 amide bonds.